The minimum absolute atomic E-state index is 0.125. The number of benzene rings is 1. The molecule has 0 bridgehead atoms. The molecule has 0 amide bonds. The lowest BCUT2D eigenvalue weighted by Gasteiger charge is -2.03. The van der Waals surface area contributed by atoms with Crippen LogP contribution >= 0.6 is 0 Å². The van der Waals surface area contributed by atoms with Crippen LogP contribution in [0, 0.1) is 0 Å². The maximum absolute atomic E-state index is 8.80. The lowest BCUT2D eigenvalue weighted by molar-refractivity contribution is 0.298. The van der Waals surface area contributed by atoms with Gasteiger partial charge in [-0.05, 0) is 30.3 Å². The molecular formula is C12H14N2O2. The number of rotatable bonds is 4. The van der Waals surface area contributed by atoms with Gasteiger partial charge in [0.05, 0.1) is 18.5 Å². The molecule has 0 unspecified atom stereocenters. The Morgan fingerprint density at radius 1 is 1.25 bits per heavy atom. The Kier molecular flexibility index (Phi) is 3.22. The minimum Gasteiger partial charge on any atom is -0.497 e. The summed E-state index contributed by atoms with van der Waals surface area (Å²) >= 11 is 0. The molecule has 0 aliphatic rings. The van der Waals surface area contributed by atoms with Gasteiger partial charge < -0.3 is 9.84 Å². The van der Waals surface area contributed by atoms with Crippen molar-refractivity contribution in [2.24, 2.45) is 0 Å². The molecule has 16 heavy (non-hydrogen) atoms. The Morgan fingerprint density at radius 2 is 2.00 bits per heavy atom. The molecule has 0 fully saturated rings. The van der Waals surface area contributed by atoms with Crippen molar-refractivity contribution >= 4 is 0 Å². The number of nitrogens with zero attached hydrogens (tertiary/aromatic N) is 2. The molecule has 1 aromatic heterocycles. The highest BCUT2D eigenvalue weighted by Crippen LogP contribution is 2.14. The van der Waals surface area contributed by atoms with Gasteiger partial charge in [-0.2, -0.15) is 5.10 Å². The van der Waals surface area contributed by atoms with Crippen molar-refractivity contribution < 1.29 is 9.84 Å². The molecule has 0 saturated heterocycles. The topological polar surface area (TPSA) is 47.3 Å². The lowest BCUT2D eigenvalue weighted by atomic mass is 10.3. The van der Waals surface area contributed by atoms with Gasteiger partial charge in [-0.1, -0.05) is 0 Å². The molecule has 4 nitrogen and oxygen atoms in total. The number of ether oxygens (including phenoxy) is 1. The van der Waals surface area contributed by atoms with Crippen LogP contribution in [0.15, 0.2) is 36.5 Å². The molecule has 1 heterocycles. The van der Waals surface area contributed by atoms with Crippen LogP contribution < -0.4 is 4.74 Å². The summed E-state index contributed by atoms with van der Waals surface area (Å²) in [4.78, 5) is 0. The highest BCUT2D eigenvalue weighted by atomic mass is 16.5. The second-order valence-electron chi connectivity index (χ2n) is 3.42. The zero-order chi connectivity index (χ0) is 11.4. The summed E-state index contributed by atoms with van der Waals surface area (Å²) in [6.45, 7) is 0.125. The first kappa shape index (κ1) is 10.7. The van der Waals surface area contributed by atoms with Crippen molar-refractivity contribution in [1.82, 2.24) is 9.78 Å². The third kappa shape index (κ3) is 2.23. The second kappa shape index (κ2) is 4.81. The van der Waals surface area contributed by atoms with Gasteiger partial charge in [0.15, 0.2) is 0 Å². The number of aliphatic hydroxyl groups excluding tert-OH is 1. The van der Waals surface area contributed by atoms with Crippen LogP contribution in [0.2, 0.25) is 0 Å². The van der Waals surface area contributed by atoms with Gasteiger partial charge in [-0.25, -0.2) is 4.68 Å². The van der Waals surface area contributed by atoms with E-state index in [1.165, 1.54) is 0 Å². The molecule has 1 aromatic carbocycles. The molecule has 84 valence electrons. The molecule has 1 N–H and O–H groups in total. The predicted molar refractivity (Wildman–Crippen MR) is 60.9 cm³/mol. The molecule has 2 rings (SSSR count). The van der Waals surface area contributed by atoms with E-state index in [1.807, 2.05) is 36.5 Å². The zero-order valence-electron chi connectivity index (χ0n) is 9.13. The average molecular weight is 218 g/mol. The van der Waals surface area contributed by atoms with Crippen molar-refractivity contribution in [3.05, 3.63) is 42.2 Å². The van der Waals surface area contributed by atoms with Crippen LogP contribution in [-0.4, -0.2) is 28.6 Å². The number of methoxy groups -OCH3 is 1. The van der Waals surface area contributed by atoms with Crippen LogP contribution in [0.5, 0.6) is 5.75 Å². The summed E-state index contributed by atoms with van der Waals surface area (Å²) in [5.74, 6) is 0.825. The molecule has 0 saturated carbocycles. The molecular weight excluding hydrogens is 204 g/mol. The third-order valence-corrected chi connectivity index (χ3v) is 2.35. The predicted octanol–water partition coefficient (Wildman–Crippen LogP) is 1.42. The van der Waals surface area contributed by atoms with E-state index in [2.05, 4.69) is 5.10 Å². The quantitative estimate of drug-likeness (QED) is 0.844. The van der Waals surface area contributed by atoms with E-state index >= 15 is 0 Å². The summed E-state index contributed by atoms with van der Waals surface area (Å²) in [5.41, 5.74) is 1.86. The maximum Gasteiger partial charge on any atom is 0.119 e. The second-order valence-corrected chi connectivity index (χ2v) is 3.42. The molecule has 0 aliphatic carbocycles. The van der Waals surface area contributed by atoms with Crippen LogP contribution in [0.4, 0.5) is 0 Å². The largest absolute Gasteiger partial charge is 0.497 e. The normalized spacial score (nSPS) is 10.4. The summed E-state index contributed by atoms with van der Waals surface area (Å²) < 4.78 is 6.87. The summed E-state index contributed by atoms with van der Waals surface area (Å²) in [6.07, 6.45) is 2.47. The first-order chi connectivity index (χ1) is 7.83. The van der Waals surface area contributed by atoms with Gasteiger partial charge in [0.25, 0.3) is 0 Å². The van der Waals surface area contributed by atoms with E-state index in [-0.39, 0.29) is 6.61 Å². The minimum atomic E-state index is 0.125. The van der Waals surface area contributed by atoms with Crippen molar-refractivity contribution in [3.8, 4) is 11.4 Å². The Morgan fingerprint density at radius 3 is 2.62 bits per heavy atom. The highest BCUT2D eigenvalue weighted by Gasteiger charge is 2.00. The van der Waals surface area contributed by atoms with Crippen molar-refractivity contribution in [2.45, 2.75) is 6.42 Å². The van der Waals surface area contributed by atoms with E-state index in [1.54, 1.807) is 11.8 Å². The summed E-state index contributed by atoms with van der Waals surface area (Å²) in [7, 11) is 1.64. The maximum atomic E-state index is 8.80. The molecule has 2 aromatic rings. The van der Waals surface area contributed by atoms with Crippen molar-refractivity contribution in [2.75, 3.05) is 13.7 Å². The van der Waals surface area contributed by atoms with Crippen molar-refractivity contribution in [3.63, 3.8) is 0 Å². The number of aliphatic hydroxyl groups is 1. The fraction of sp³-hybridized carbons (Fsp3) is 0.250. The van der Waals surface area contributed by atoms with E-state index in [0.29, 0.717) is 6.42 Å². The van der Waals surface area contributed by atoms with Crippen LogP contribution in [-0.2, 0) is 6.42 Å². The van der Waals surface area contributed by atoms with E-state index in [4.69, 9.17) is 9.84 Å². The standard InChI is InChI=1S/C12H14N2O2/c1-16-12-4-2-11(3-5-12)14-8-6-10(13-14)7-9-15/h2-6,8,15H,7,9H2,1H3. The molecule has 0 radical (unpaired) electrons. The van der Waals surface area contributed by atoms with Crippen LogP contribution in [0.3, 0.4) is 0 Å². The van der Waals surface area contributed by atoms with E-state index in [0.717, 1.165) is 17.1 Å². The fourth-order valence-corrected chi connectivity index (χ4v) is 1.49. The Hall–Kier alpha value is -1.81. The number of aromatic nitrogens is 2. The summed E-state index contributed by atoms with van der Waals surface area (Å²) in [5, 5.41) is 13.1. The summed E-state index contributed by atoms with van der Waals surface area (Å²) in [6, 6.07) is 9.56. The Labute approximate surface area is 94.1 Å². The van der Waals surface area contributed by atoms with Crippen molar-refractivity contribution in [1.29, 1.82) is 0 Å². The van der Waals surface area contributed by atoms with Crippen LogP contribution in [0.1, 0.15) is 5.69 Å². The molecule has 0 atom stereocenters. The van der Waals surface area contributed by atoms with Gasteiger partial charge in [-0.3, -0.25) is 0 Å². The molecule has 0 spiro atoms. The zero-order valence-corrected chi connectivity index (χ0v) is 9.13. The van der Waals surface area contributed by atoms with Gasteiger partial charge in [0.1, 0.15) is 5.75 Å². The number of hydrogen-bond acceptors (Lipinski definition) is 3. The molecule has 0 aliphatic heterocycles. The van der Waals surface area contributed by atoms with E-state index < -0.39 is 0 Å². The first-order valence-electron chi connectivity index (χ1n) is 5.13. The highest BCUT2D eigenvalue weighted by molar-refractivity contribution is 5.36. The fourth-order valence-electron chi connectivity index (χ4n) is 1.49. The first-order valence-corrected chi connectivity index (χ1v) is 5.13. The van der Waals surface area contributed by atoms with Gasteiger partial charge >= 0.3 is 0 Å². The van der Waals surface area contributed by atoms with E-state index in [9.17, 15) is 0 Å². The SMILES string of the molecule is COc1ccc(-n2ccc(CCO)n2)cc1. The average Bonchev–Trinajstić information content (AvgIpc) is 2.78. The van der Waals surface area contributed by atoms with Gasteiger partial charge in [0, 0.05) is 19.2 Å². The Balaban J connectivity index is 2.21. The molecule has 4 heteroatoms. The smallest absolute Gasteiger partial charge is 0.119 e. The Bertz CT molecular complexity index is 448. The van der Waals surface area contributed by atoms with Gasteiger partial charge in [0.2, 0.25) is 0 Å². The third-order valence-electron chi connectivity index (χ3n) is 2.35. The number of hydrogen-bond donors (Lipinski definition) is 1. The van der Waals surface area contributed by atoms with Crippen LogP contribution in [0.25, 0.3) is 5.69 Å². The monoisotopic (exact) mass is 218 g/mol. The van der Waals surface area contributed by atoms with Gasteiger partial charge in [-0.15, -0.1) is 0 Å². The lowest BCUT2D eigenvalue weighted by Crippen LogP contribution is -1.97.